The summed E-state index contributed by atoms with van der Waals surface area (Å²) in [6.07, 6.45) is 0. The van der Waals surface area contributed by atoms with Crippen LogP contribution in [-0.4, -0.2) is 21.4 Å². The molecule has 1 aromatic carbocycles. The molecule has 0 aliphatic rings. The van der Waals surface area contributed by atoms with Crippen LogP contribution < -0.4 is 10.5 Å². The molecule has 0 fully saturated rings. The third kappa shape index (κ3) is 2.74. The molecule has 82 valence electrons. The predicted octanol–water partition coefficient (Wildman–Crippen LogP) is -0.167. The molecule has 0 unspecified atom stereocenters. The molecule has 0 heterocycles. The molecular weight excluding hydrogens is 223 g/mol. The van der Waals surface area contributed by atoms with Crippen molar-refractivity contribution in [2.75, 3.05) is 7.05 Å². The zero-order valence-corrected chi connectivity index (χ0v) is 8.64. The van der Waals surface area contributed by atoms with Crippen molar-refractivity contribution in [2.24, 2.45) is 5.14 Å². The topological polar surface area (TPSA) is 89.3 Å². The molecular formula is C8H9FN2O3S. The predicted molar refractivity (Wildman–Crippen MR) is 51.2 cm³/mol. The first kappa shape index (κ1) is 11.6. The Hall–Kier alpha value is -1.47. The second-order valence-corrected chi connectivity index (χ2v) is 4.36. The van der Waals surface area contributed by atoms with Gasteiger partial charge < -0.3 is 5.32 Å². The van der Waals surface area contributed by atoms with Crippen LogP contribution >= 0.6 is 0 Å². The van der Waals surface area contributed by atoms with E-state index in [4.69, 9.17) is 5.14 Å². The van der Waals surface area contributed by atoms with Gasteiger partial charge >= 0.3 is 0 Å². The van der Waals surface area contributed by atoms with Crippen molar-refractivity contribution in [3.63, 3.8) is 0 Å². The molecule has 0 spiro atoms. The van der Waals surface area contributed by atoms with Gasteiger partial charge in [-0.05, 0) is 18.2 Å². The lowest BCUT2D eigenvalue weighted by molar-refractivity contribution is 0.0962. The molecule has 0 aliphatic heterocycles. The van der Waals surface area contributed by atoms with Crippen LogP contribution in [0.25, 0.3) is 0 Å². The molecule has 15 heavy (non-hydrogen) atoms. The molecule has 3 N–H and O–H groups in total. The van der Waals surface area contributed by atoms with E-state index < -0.39 is 26.6 Å². The maximum absolute atomic E-state index is 13.0. The van der Waals surface area contributed by atoms with Gasteiger partial charge in [0, 0.05) is 12.6 Å². The average molecular weight is 232 g/mol. The zero-order chi connectivity index (χ0) is 11.6. The van der Waals surface area contributed by atoms with E-state index in [1.165, 1.54) is 7.05 Å². The third-order valence-corrected chi connectivity index (χ3v) is 2.58. The van der Waals surface area contributed by atoms with Crippen molar-refractivity contribution < 1.29 is 17.6 Å². The van der Waals surface area contributed by atoms with Gasteiger partial charge in [-0.15, -0.1) is 0 Å². The molecule has 0 bridgehead atoms. The van der Waals surface area contributed by atoms with Gasteiger partial charge in [-0.2, -0.15) is 0 Å². The van der Waals surface area contributed by atoms with Crippen LogP contribution in [0.4, 0.5) is 4.39 Å². The van der Waals surface area contributed by atoms with Gasteiger partial charge in [-0.25, -0.2) is 17.9 Å². The number of sulfonamides is 1. The summed E-state index contributed by atoms with van der Waals surface area (Å²) >= 11 is 0. The molecule has 0 saturated carbocycles. The molecule has 1 aromatic rings. The van der Waals surface area contributed by atoms with Crippen molar-refractivity contribution in [2.45, 2.75) is 4.90 Å². The van der Waals surface area contributed by atoms with Crippen LogP contribution in [0.3, 0.4) is 0 Å². The van der Waals surface area contributed by atoms with Gasteiger partial charge in [0.25, 0.3) is 5.91 Å². The Morgan fingerprint density at radius 3 is 2.47 bits per heavy atom. The second kappa shape index (κ2) is 3.95. The molecule has 0 saturated heterocycles. The minimum atomic E-state index is -4.01. The first-order chi connectivity index (χ1) is 6.84. The zero-order valence-electron chi connectivity index (χ0n) is 7.82. The summed E-state index contributed by atoms with van der Waals surface area (Å²) in [6.45, 7) is 0. The summed E-state index contributed by atoms with van der Waals surface area (Å²) in [4.78, 5) is 10.7. The minimum Gasteiger partial charge on any atom is -0.355 e. The fraction of sp³-hybridized carbons (Fsp3) is 0.125. The lowest BCUT2D eigenvalue weighted by atomic mass is 10.2. The van der Waals surface area contributed by atoms with Gasteiger partial charge in [0.15, 0.2) is 0 Å². The van der Waals surface area contributed by atoms with Crippen molar-refractivity contribution in [1.29, 1.82) is 0 Å². The molecule has 0 atom stereocenters. The van der Waals surface area contributed by atoms with Crippen LogP contribution in [0, 0.1) is 5.82 Å². The smallest absolute Gasteiger partial charge is 0.251 e. The van der Waals surface area contributed by atoms with E-state index in [-0.39, 0.29) is 5.56 Å². The molecule has 1 rings (SSSR count). The SMILES string of the molecule is CNC(=O)c1cc(F)cc(S(N)(=O)=O)c1. The molecule has 7 heteroatoms. The number of amides is 1. The second-order valence-electron chi connectivity index (χ2n) is 2.80. The van der Waals surface area contributed by atoms with Gasteiger partial charge in [0.1, 0.15) is 5.82 Å². The van der Waals surface area contributed by atoms with Crippen molar-refractivity contribution in [3.8, 4) is 0 Å². The Labute approximate surface area is 86.1 Å². The normalized spacial score (nSPS) is 11.1. The summed E-state index contributed by atoms with van der Waals surface area (Å²) in [5.74, 6) is -1.42. The van der Waals surface area contributed by atoms with Gasteiger partial charge in [-0.1, -0.05) is 0 Å². The van der Waals surface area contributed by atoms with Crippen LogP contribution in [-0.2, 0) is 10.0 Å². The standard InChI is InChI=1S/C8H9FN2O3S/c1-11-8(12)5-2-6(9)4-7(3-5)15(10,13)14/h2-4H,1H3,(H,11,12)(H2,10,13,14). The number of carbonyl (C=O) groups is 1. The Morgan fingerprint density at radius 2 is 2.00 bits per heavy atom. The summed E-state index contributed by atoms with van der Waals surface area (Å²) in [5, 5.41) is 7.06. The largest absolute Gasteiger partial charge is 0.355 e. The van der Waals surface area contributed by atoms with E-state index in [1.807, 2.05) is 0 Å². The van der Waals surface area contributed by atoms with Crippen LogP contribution in [0.5, 0.6) is 0 Å². The Bertz CT molecular complexity index is 499. The number of nitrogens with two attached hydrogens (primary N) is 1. The molecule has 0 aromatic heterocycles. The van der Waals surface area contributed by atoms with Crippen LogP contribution in [0.2, 0.25) is 0 Å². The Morgan fingerprint density at radius 1 is 1.40 bits per heavy atom. The maximum atomic E-state index is 13.0. The fourth-order valence-corrected chi connectivity index (χ4v) is 1.57. The Kier molecular flexibility index (Phi) is 3.06. The summed E-state index contributed by atoms with van der Waals surface area (Å²) in [5.41, 5.74) is -0.0958. The highest BCUT2D eigenvalue weighted by Crippen LogP contribution is 2.12. The van der Waals surface area contributed by atoms with Crippen molar-refractivity contribution in [1.82, 2.24) is 5.32 Å². The highest BCUT2D eigenvalue weighted by Gasteiger charge is 2.13. The van der Waals surface area contributed by atoms with E-state index in [0.717, 1.165) is 18.2 Å². The number of carbonyl (C=O) groups excluding carboxylic acids is 1. The number of hydrogen-bond acceptors (Lipinski definition) is 3. The first-order valence-corrected chi connectivity index (χ1v) is 5.44. The van der Waals surface area contributed by atoms with E-state index in [0.29, 0.717) is 0 Å². The van der Waals surface area contributed by atoms with E-state index in [1.54, 1.807) is 0 Å². The number of nitrogens with one attached hydrogen (secondary N) is 1. The van der Waals surface area contributed by atoms with Crippen molar-refractivity contribution >= 4 is 15.9 Å². The summed E-state index contributed by atoms with van der Waals surface area (Å²) < 4.78 is 34.8. The third-order valence-electron chi connectivity index (χ3n) is 1.69. The van der Waals surface area contributed by atoms with E-state index in [2.05, 4.69) is 5.32 Å². The van der Waals surface area contributed by atoms with Crippen molar-refractivity contribution in [3.05, 3.63) is 29.6 Å². The molecule has 0 aliphatic carbocycles. The van der Waals surface area contributed by atoms with Gasteiger partial charge in [0.2, 0.25) is 10.0 Å². The van der Waals surface area contributed by atoms with Gasteiger partial charge in [-0.3, -0.25) is 4.79 Å². The Balaban J connectivity index is 3.35. The highest BCUT2D eigenvalue weighted by molar-refractivity contribution is 7.89. The lowest BCUT2D eigenvalue weighted by Gasteiger charge is -2.03. The van der Waals surface area contributed by atoms with Gasteiger partial charge in [0.05, 0.1) is 4.90 Å². The quantitative estimate of drug-likeness (QED) is 0.742. The highest BCUT2D eigenvalue weighted by atomic mass is 32.2. The van der Waals surface area contributed by atoms with Crippen LogP contribution in [0.15, 0.2) is 23.1 Å². The number of hydrogen-bond donors (Lipinski definition) is 2. The number of benzene rings is 1. The number of primary sulfonamides is 1. The van der Waals surface area contributed by atoms with E-state index in [9.17, 15) is 17.6 Å². The fourth-order valence-electron chi connectivity index (χ4n) is 1.00. The number of rotatable bonds is 2. The lowest BCUT2D eigenvalue weighted by Crippen LogP contribution is -2.19. The summed E-state index contributed by atoms with van der Waals surface area (Å²) in [6, 6.07) is 2.69. The average Bonchev–Trinajstić information content (AvgIpc) is 2.14. The minimum absolute atomic E-state index is 0.0958. The molecule has 5 nitrogen and oxygen atoms in total. The molecule has 1 amide bonds. The summed E-state index contributed by atoms with van der Waals surface area (Å²) in [7, 11) is -2.66. The first-order valence-electron chi connectivity index (χ1n) is 3.90. The number of halogens is 1. The monoisotopic (exact) mass is 232 g/mol. The maximum Gasteiger partial charge on any atom is 0.251 e. The van der Waals surface area contributed by atoms with E-state index >= 15 is 0 Å². The molecule has 0 radical (unpaired) electrons. The van der Waals surface area contributed by atoms with Crippen LogP contribution in [0.1, 0.15) is 10.4 Å².